The van der Waals surface area contributed by atoms with Crippen molar-refractivity contribution in [2.45, 2.75) is 51.5 Å². The Morgan fingerprint density at radius 2 is 2.07 bits per heavy atom. The van der Waals surface area contributed by atoms with Crippen LogP contribution in [0.3, 0.4) is 0 Å². The van der Waals surface area contributed by atoms with Gasteiger partial charge in [0.1, 0.15) is 0 Å². The molecule has 1 rings (SSSR count). The van der Waals surface area contributed by atoms with Crippen LogP contribution < -0.4 is 16.6 Å². The van der Waals surface area contributed by atoms with E-state index in [2.05, 4.69) is 22.7 Å². The molecule has 0 radical (unpaired) electrons. The number of hydrazine groups is 1. The molecule has 14 heavy (non-hydrogen) atoms. The van der Waals surface area contributed by atoms with Gasteiger partial charge in [-0.3, -0.25) is 10.4 Å². The van der Waals surface area contributed by atoms with Crippen LogP contribution in [0.2, 0.25) is 0 Å². The topological polar surface area (TPSA) is 62.4 Å². The molecule has 1 fully saturated rings. The second-order valence-electron chi connectivity index (χ2n) is 3.85. The van der Waals surface area contributed by atoms with Crippen molar-refractivity contribution in [2.24, 2.45) is 10.8 Å². The first-order chi connectivity index (χ1) is 6.86. The molecular weight excluding hydrogens is 176 g/mol. The van der Waals surface area contributed by atoms with Gasteiger partial charge in [0.05, 0.1) is 0 Å². The van der Waals surface area contributed by atoms with Crippen molar-refractivity contribution in [2.75, 3.05) is 6.54 Å². The van der Waals surface area contributed by atoms with Crippen LogP contribution in [0.4, 0.5) is 0 Å². The highest BCUT2D eigenvalue weighted by atomic mass is 15.3. The summed E-state index contributed by atoms with van der Waals surface area (Å²) in [5, 5.41) is 3.35. The Morgan fingerprint density at radius 3 is 2.64 bits per heavy atom. The van der Waals surface area contributed by atoms with E-state index in [-0.39, 0.29) is 0 Å². The number of hydrogen-bond acceptors (Lipinski definition) is 2. The number of nitrogens with zero attached hydrogens (tertiary/aromatic N) is 1. The normalized spacial score (nSPS) is 19.4. The van der Waals surface area contributed by atoms with Gasteiger partial charge >= 0.3 is 0 Å². The predicted molar refractivity (Wildman–Crippen MR) is 59.9 cm³/mol. The van der Waals surface area contributed by atoms with E-state index in [0.29, 0.717) is 6.04 Å². The molecule has 0 spiro atoms. The van der Waals surface area contributed by atoms with Crippen LogP contribution >= 0.6 is 0 Å². The highest BCUT2D eigenvalue weighted by Gasteiger charge is 2.13. The van der Waals surface area contributed by atoms with Crippen LogP contribution in [-0.4, -0.2) is 18.5 Å². The van der Waals surface area contributed by atoms with Crippen LogP contribution in [0.25, 0.3) is 0 Å². The largest absolute Gasteiger partial charge is 0.353 e. The minimum atomic E-state index is 0.565. The molecule has 4 nitrogen and oxygen atoms in total. The maximum atomic E-state index is 5.39. The van der Waals surface area contributed by atoms with E-state index in [4.69, 9.17) is 5.84 Å². The number of rotatable bonds is 3. The molecular formula is C10H22N4. The third kappa shape index (κ3) is 3.96. The molecule has 0 aliphatic heterocycles. The van der Waals surface area contributed by atoms with E-state index in [1.165, 1.54) is 32.1 Å². The third-order valence-corrected chi connectivity index (χ3v) is 2.58. The quantitative estimate of drug-likeness (QED) is 0.276. The van der Waals surface area contributed by atoms with Crippen molar-refractivity contribution in [3.8, 4) is 0 Å². The number of aliphatic imine (C=N–C) groups is 1. The SMILES string of the molecule is CCCN=C(NN)NC1CCCCC1. The van der Waals surface area contributed by atoms with Crippen LogP contribution in [0, 0.1) is 0 Å². The maximum Gasteiger partial charge on any atom is 0.205 e. The van der Waals surface area contributed by atoms with Crippen molar-refractivity contribution >= 4 is 5.96 Å². The highest BCUT2D eigenvalue weighted by molar-refractivity contribution is 5.79. The summed E-state index contributed by atoms with van der Waals surface area (Å²) in [5.41, 5.74) is 2.62. The molecule has 4 heteroatoms. The Bertz CT molecular complexity index is 173. The molecule has 1 aliphatic rings. The molecule has 0 amide bonds. The molecule has 82 valence electrons. The Labute approximate surface area is 86.3 Å². The molecule has 0 aromatic carbocycles. The molecule has 4 N–H and O–H groups in total. The van der Waals surface area contributed by atoms with Crippen molar-refractivity contribution in [3.05, 3.63) is 0 Å². The zero-order chi connectivity index (χ0) is 10.2. The fourth-order valence-electron chi connectivity index (χ4n) is 1.80. The summed E-state index contributed by atoms with van der Waals surface area (Å²) >= 11 is 0. The van der Waals surface area contributed by atoms with Gasteiger partial charge < -0.3 is 5.32 Å². The minimum absolute atomic E-state index is 0.565. The smallest absolute Gasteiger partial charge is 0.205 e. The lowest BCUT2D eigenvalue weighted by Crippen LogP contribution is -2.47. The van der Waals surface area contributed by atoms with Gasteiger partial charge in [-0.25, -0.2) is 5.84 Å². The summed E-state index contributed by atoms with van der Waals surface area (Å²) in [6.07, 6.45) is 7.55. The predicted octanol–water partition coefficient (Wildman–Crippen LogP) is 1.14. The summed E-state index contributed by atoms with van der Waals surface area (Å²) in [6.45, 7) is 2.94. The van der Waals surface area contributed by atoms with Crippen molar-refractivity contribution < 1.29 is 0 Å². The lowest BCUT2D eigenvalue weighted by atomic mass is 9.96. The summed E-state index contributed by atoms with van der Waals surface area (Å²) in [5.74, 6) is 6.14. The molecule has 0 aromatic heterocycles. The Morgan fingerprint density at radius 1 is 1.36 bits per heavy atom. The molecule has 0 saturated heterocycles. The van der Waals surface area contributed by atoms with E-state index in [1.54, 1.807) is 0 Å². The molecule has 1 saturated carbocycles. The first kappa shape index (κ1) is 11.3. The Kier molecular flexibility index (Phi) is 5.37. The van der Waals surface area contributed by atoms with E-state index < -0.39 is 0 Å². The molecule has 0 atom stereocenters. The van der Waals surface area contributed by atoms with Gasteiger partial charge in [0, 0.05) is 12.6 Å². The second kappa shape index (κ2) is 6.65. The zero-order valence-corrected chi connectivity index (χ0v) is 9.05. The molecule has 0 aromatic rings. The van der Waals surface area contributed by atoms with Crippen LogP contribution in [0.5, 0.6) is 0 Å². The minimum Gasteiger partial charge on any atom is -0.353 e. The number of nitrogens with two attached hydrogens (primary N) is 1. The summed E-state index contributed by atoms with van der Waals surface area (Å²) in [4.78, 5) is 4.32. The van der Waals surface area contributed by atoms with Gasteiger partial charge in [0.25, 0.3) is 0 Å². The lowest BCUT2D eigenvalue weighted by Gasteiger charge is -2.24. The summed E-state index contributed by atoms with van der Waals surface area (Å²) in [6, 6.07) is 0.565. The third-order valence-electron chi connectivity index (χ3n) is 2.58. The van der Waals surface area contributed by atoms with Crippen LogP contribution in [0.1, 0.15) is 45.4 Å². The van der Waals surface area contributed by atoms with Gasteiger partial charge in [-0.2, -0.15) is 0 Å². The summed E-state index contributed by atoms with van der Waals surface area (Å²) in [7, 11) is 0. The molecule has 0 unspecified atom stereocenters. The van der Waals surface area contributed by atoms with Crippen molar-refractivity contribution in [1.82, 2.24) is 10.7 Å². The maximum absolute atomic E-state index is 5.39. The van der Waals surface area contributed by atoms with Gasteiger partial charge in [-0.1, -0.05) is 26.2 Å². The van der Waals surface area contributed by atoms with E-state index >= 15 is 0 Å². The summed E-state index contributed by atoms with van der Waals surface area (Å²) < 4.78 is 0. The number of hydrogen-bond donors (Lipinski definition) is 3. The average molecular weight is 198 g/mol. The van der Waals surface area contributed by atoms with E-state index in [0.717, 1.165) is 18.9 Å². The van der Waals surface area contributed by atoms with Gasteiger partial charge in [0.15, 0.2) is 0 Å². The number of guanidine groups is 1. The first-order valence-corrected chi connectivity index (χ1v) is 5.64. The van der Waals surface area contributed by atoms with Gasteiger partial charge in [-0.05, 0) is 19.3 Å². The van der Waals surface area contributed by atoms with E-state index in [9.17, 15) is 0 Å². The average Bonchev–Trinajstić information content (AvgIpc) is 2.25. The van der Waals surface area contributed by atoms with Gasteiger partial charge in [-0.15, -0.1) is 0 Å². The highest BCUT2D eigenvalue weighted by Crippen LogP contribution is 2.16. The van der Waals surface area contributed by atoms with E-state index in [1.807, 2.05) is 0 Å². The van der Waals surface area contributed by atoms with Crippen molar-refractivity contribution in [1.29, 1.82) is 0 Å². The Balaban J connectivity index is 2.30. The molecule has 0 bridgehead atoms. The monoisotopic (exact) mass is 198 g/mol. The van der Waals surface area contributed by atoms with Gasteiger partial charge in [0.2, 0.25) is 5.96 Å². The Hall–Kier alpha value is -0.770. The van der Waals surface area contributed by atoms with Crippen LogP contribution in [-0.2, 0) is 0 Å². The molecule has 1 aliphatic carbocycles. The molecule has 0 heterocycles. The van der Waals surface area contributed by atoms with Crippen LogP contribution in [0.15, 0.2) is 4.99 Å². The zero-order valence-electron chi connectivity index (χ0n) is 9.05. The number of nitrogens with one attached hydrogen (secondary N) is 2. The lowest BCUT2D eigenvalue weighted by molar-refractivity contribution is 0.410. The standard InChI is InChI=1S/C10H22N4/c1-2-8-12-10(14-11)13-9-6-4-3-5-7-9/h9H,2-8,11H2,1H3,(H2,12,13,14). The second-order valence-corrected chi connectivity index (χ2v) is 3.85. The fourth-order valence-corrected chi connectivity index (χ4v) is 1.80. The first-order valence-electron chi connectivity index (χ1n) is 5.64. The van der Waals surface area contributed by atoms with Crippen molar-refractivity contribution in [3.63, 3.8) is 0 Å². The fraction of sp³-hybridized carbons (Fsp3) is 0.900.